The van der Waals surface area contributed by atoms with E-state index in [1.165, 1.54) is 4.63 Å². The molecule has 0 saturated carbocycles. The summed E-state index contributed by atoms with van der Waals surface area (Å²) in [7, 11) is 0. The first-order chi connectivity index (χ1) is 10.3. The lowest BCUT2D eigenvalue weighted by Gasteiger charge is -2.11. The van der Waals surface area contributed by atoms with Gasteiger partial charge in [0, 0.05) is 12.1 Å². The summed E-state index contributed by atoms with van der Waals surface area (Å²) in [5.41, 5.74) is 1.84. The van der Waals surface area contributed by atoms with Crippen LogP contribution in [0.1, 0.15) is 18.3 Å². The molecule has 108 valence electrons. The monoisotopic (exact) mass is 283 g/mol. The fraction of sp³-hybridized carbons (Fsp3) is 0.267. The summed E-state index contributed by atoms with van der Waals surface area (Å²) in [4.78, 5) is 4.25. The van der Waals surface area contributed by atoms with Crippen LogP contribution in [0.5, 0.6) is 5.75 Å². The predicted octanol–water partition coefficient (Wildman–Crippen LogP) is 2.44. The van der Waals surface area contributed by atoms with E-state index in [0.717, 1.165) is 22.8 Å². The van der Waals surface area contributed by atoms with Gasteiger partial charge in [-0.3, -0.25) is 0 Å². The lowest BCUT2D eigenvalue weighted by atomic mass is 10.2. The van der Waals surface area contributed by atoms with Crippen LogP contribution in [0.4, 0.5) is 5.82 Å². The van der Waals surface area contributed by atoms with E-state index < -0.39 is 0 Å². The molecule has 6 heteroatoms. The molecular formula is C15H17N5O. The van der Waals surface area contributed by atoms with E-state index >= 15 is 0 Å². The number of fused-ring (bicyclic) bond motifs is 1. The molecule has 0 saturated heterocycles. The standard InChI is InChI=1S/C15H17N5O/c1-3-21-13-7-5-4-6-12(13)10-16-14-8-9-15-17-11(2)18-20(15)19-14/h4-9H,3,10H2,1-2H3,(H,16,19). The van der Waals surface area contributed by atoms with Gasteiger partial charge < -0.3 is 10.1 Å². The Labute approximate surface area is 122 Å². The van der Waals surface area contributed by atoms with Crippen molar-refractivity contribution in [3.63, 3.8) is 0 Å². The zero-order valence-electron chi connectivity index (χ0n) is 12.1. The Morgan fingerprint density at radius 2 is 2.00 bits per heavy atom. The molecular weight excluding hydrogens is 266 g/mol. The molecule has 2 heterocycles. The normalized spacial score (nSPS) is 10.8. The number of ether oxygens (including phenoxy) is 1. The minimum atomic E-state index is 0.641. The smallest absolute Gasteiger partial charge is 0.176 e. The number of nitrogens with one attached hydrogen (secondary N) is 1. The Hall–Kier alpha value is -2.63. The summed E-state index contributed by atoms with van der Waals surface area (Å²) in [5, 5.41) is 11.9. The van der Waals surface area contributed by atoms with Crippen molar-refractivity contribution in [2.24, 2.45) is 0 Å². The molecule has 0 aliphatic heterocycles. The highest BCUT2D eigenvalue weighted by Gasteiger charge is 2.05. The van der Waals surface area contributed by atoms with Gasteiger partial charge in [-0.25, -0.2) is 4.98 Å². The van der Waals surface area contributed by atoms with Gasteiger partial charge in [-0.05, 0) is 32.0 Å². The molecule has 0 amide bonds. The Morgan fingerprint density at radius 3 is 2.86 bits per heavy atom. The van der Waals surface area contributed by atoms with Gasteiger partial charge in [0.25, 0.3) is 0 Å². The molecule has 0 spiro atoms. The van der Waals surface area contributed by atoms with Crippen LogP contribution in [0.2, 0.25) is 0 Å². The molecule has 0 aliphatic carbocycles. The van der Waals surface area contributed by atoms with Crippen LogP contribution in [-0.2, 0) is 6.54 Å². The molecule has 1 N–H and O–H groups in total. The number of anilines is 1. The molecule has 0 fully saturated rings. The quantitative estimate of drug-likeness (QED) is 0.779. The third-order valence-electron chi connectivity index (χ3n) is 3.05. The van der Waals surface area contributed by atoms with E-state index in [0.29, 0.717) is 19.0 Å². The minimum Gasteiger partial charge on any atom is -0.494 e. The van der Waals surface area contributed by atoms with Gasteiger partial charge in [-0.1, -0.05) is 18.2 Å². The minimum absolute atomic E-state index is 0.641. The number of nitrogens with zero attached hydrogens (tertiary/aromatic N) is 4. The van der Waals surface area contributed by atoms with Gasteiger partial charge in [0.2, 0.25) is 0 Å². The summed E-state index contributed by atoms with van der Waals surface area (Å²) in [6, 6.07) is 11.8. The summed E-state index contributed by atoms with van der Waals surface area (Å²) < 4.78 is 7.14. The highest BCUT2D eigenvalue weighted by Crippen LogP contribution is 2.19. The maximum Gasteiger partial charge on any atom is 0.176 e. The molecule has 21 heavy (non-hydrogen) atoms. The number of rotatable bonds is 5. The van der Waals surface area contributed by atoms with Crippen molar-refractivity contribution < 1.29 is 4.74 Å². The van der Waals surface area contributed by atoms with Gasteiger partial charge in [-0.15, -0.1) is 14.8 Å². The third-order valence-corrected chi connectivity index (χ3v) is 3.05. The molecule has 0 bridgehead atoms. The Morgan fingerprint density at radius 1 is 1.14 bits per heavy atom. The van der Waals surface area contributed by atoms with Crippen LogP contribution in [0.25, 0.3) is 5.65 Å². The number of para-hydroxylation sites is 1. The average molecular weight is 283 g/mol. The predicted molar refractivity (Wildman–Crippen MR) is 80.5 cm³/mol. The number of aromatic nitrogens is 4. The van der Waals surface area contributed by atoms with Crippen molar-refractivity contribution in [3.05, 3.63) is 47.8 Å². The second kappa shape index (κ2) is 5.78. The van der Waals surface area contributed by atoms with E-state index in [9.17, 15) is 0 Å². The molecule has 0 atom stereocenters. The lowest BCUT2D eigenvalue weighted by molar-refractivity contribution is 0.337. The topological polar surface area (TPSA) is 64.3 Å². The number of hydrogen-bond donors (Lipinski definition) is 1. The maximum absolute atomic E-state index is 5.61. The SMILES string of the molecule is CCOc1ccccc1CNc1ccc2nc(C)nn2n1. The van der Waals surface area contributed by atoms with Gasteiger partial charge >= 0.3 is 0 Å². The maximum atomic E-state index is 5.61. The van der Waals surface area contributed by atoms with Crippen LogP contribution in [-0.4, -0.2) is 26.4 Å². The number of hydrogen-bond acceptors (Lipinski definition) is 5. The van der Waals surface area contributed by atoms with Gasteiger partial charge in [0.1, 0.15) is 17.4 Å². The highest BCUT2D eigenvalue weighted by atomic mass is 16.5. The summed E-state index contributed by atoms with van der Waals surface area (Å²) in [6.07, 6.45) is 0. The molecule has 3 aromatic rings. The number of benzene rings is 1. The van der Waals surface area contributed by atoms with Crippen LogP contribution in [0, 0.1) is 6.92 Å². The fourth-order valence-electron chi connectivity index (χ4n) is 2.11. The first-order valence-electron chi connectivity index (χ1n) is 6.91. The summed E-state index contributed by atoms with van der Waals surface area (Å²) in [6.45, 7) is 5.12. The fourth-order valence-corrected chi connectivity index (χ4v) is 2.11. The third kappa shape index (κ3) is 2.94. The molecule has 0 aliphatic rings. The number of aryl methyl sites for hydroxylation is 1. The van der Waals surface area contributed by atoms with Crippen LogP contribution >= 0.6 is 0 Å². The van der Waals surface area contributed by atoms with Crippen LogP contribution < -0.4 is 10.1 Å². The lowest BCUT2D eigenvalue weighted by Crippen LogP contribution is -2.06. The largest absolute Gasteiger partial charge is 0.494 e. The van der Waals surface area contributed by atoms with E-state index in [1.807, 2.05) is 50.2 Å². The van der Waals surface area contributed by atoms with Crippen molar-refractivity contribution >= 4 is 11.5 Å². The Balaban J connectivity index is 1.76. The van der Waals surface area contributed by atoms with Crippen molar-refractivity contribution in [2.75, 3.05) is 11.9 Å². The first kappa shape index (κ1) is 13.4. The van der Waals surface area contributed by atoms with Crippen molar-refractivity contribution in [1.82, 2.24) is 19.8 Å². The second-order valence-electron chi connectivity index (χ2n) is 4.62. The highest BCUT2D eigenvalue weighted by molar-refractivity contribution is 5.44. The van der Waals surface area contributed by atoms with Gasteiger partial charge in [0.15, 0.2) is 5.65 Å². The van der Waals surface area contributed by atoms with E-state index in [4.69, 9.17) is 4.74 Å². The van der Waals surface area contributed by atoms with Gasteiger partial charge in [0.05, 0.1) is 6.61 Å². The van der Waals surface area contributed by atoms with Crippen molar-refractivity contribution in [2.45, 2.75) is 20.4 Å². The zero-order valence-corrected chi connectivity index (χ0v) is 12.1. The summed E-state index contributed by atoms with van der Waals surface area (Å²) in [5.74, 6) is 2.35. The molecule has 0 radical (unpaired) electrons. The Bertz CT molecular complexity index is 753. The molecule has 6 nitrogen and oxygen atoms in total. The van der Waals surface area contributed by atoms with E-state index in [-0.39, 0.29) is 0 Å². The molecule has 1 aromatic carbocycles. The van der Waals surface area contributed by atoms with E-state index in [2.05, 4.69) is 20.5 Å². The average Bonchev–Trinajstić information content (AvgIpc) is 2.86. The van der Waals surface area contributed by atoms with Crippen LogP contribution in [0.3, 0.4) is 0 Å². The first-order valence-corrected chi connectivity index (χ1v) is 6.91. The zero-order chi connectivity index (χ0) is 14.7. The van der Waals surface area contributed by atoms with E-state index in [1.54, 1.807) is 0 Å². The molecule has 3 rings (SSSR count). The Kier molecular flexibility index (Phi) is 3.68. The summed E-state index contributed by atoms with van der Waals surface area (Å²) >= 11 is 0. The van der Waals surface area contributed by atoms with Crippen molar-refractivity contribution in [1.29, 1.82) is 0 Å². The molecule has 0 unspecified atom stereocenters. The van der Waals surface area contributed by atoms with Crippen LogP contribution in [0.15, 0.2) is 36.4 Å². The molecule has 2 aromatic heterocycles. The van der Waals surface area contributed by atoms with Gasteiger partial charge in [-0.2, -0.15) is 0 Å². The van der Waals surface area contributed by atoms with Crippen molar-refractivity contribution in [3.8, 4) is 5.75 Å². The second-order valence-corrected chi connectivity index (χ2v) is 4.62.